The van der Waals surface area contributed by atoms with Crippen molar-refractivity contribution in [2.24, 2.45) is 10.9 Å². The molecule has 0 saturated carbocycles. The Morgan fingerprint density at radius 3 is 2.56 bits per heavy atom. The monoisotopic (exact) mass is 271 g/mol. The van der Waals surface area contributed by atoms with Crippen LogP contribution in [0.1, 0.15) is 5.69 Å². The summed E-state index contributed by atoms with van der Waals surface area (Å²) in [5, 5.41) is 11.6. The van der Waals surface area contributed by atoms with Gasteiger partial charge >= 0.3 is 0 Å². The van der Waals surface area contributed by atoms with Gasteiger partial charge in [-0.25, -0.2) is 18.4 Å². The number of nitrogens with zero attached hydrogens (tertiary/aromatic N) is 4. The predicted octanol–water partition coefficient (Wildman–Crippen LogP) is -1.19. The zero-order chi connectivity index (χ0) is 13.2. The second-order valence-corrected chi connectivity index (χ2v) is 6.16. The Hall–Kier alpha value is -1.90. The van der Waals surface area contributed by atoms with Crippen molar-refractivity contribution in [1.29, 1.82) is 0 Å². The van der Waals surface area contributed by atoms with Crippen LogP contribution in [0.2, 0.25) is 0 Å². The molecule has 1 fully saturated rings. The van der Waals surface area contributed by atoms with Crippen LogP contribution in [0, 0.1) is 0 Å². The minimum atomic E-state index is -2.96. The zero-order valence-electron chi connectivity index (χ0n) is 9.52. The summed E-state index contributed by atoms with van der Waals surface area (Å²) in [5.41, 5.74) is 5.76. The summed E-state index contributed by atoms with van der Waals surface area (Å²) in [6.45, 7) is 0.652. The van der Waals surface area contributed by atoms with E-state index in [-0.39, 0.29) is 23.0 Å². The van der Waals surface area contributed by atoms with Crippen LogP contribution in [-0.4, -0.2) is 54.0 Å². The van der Waals surface area contributed by atoms with Crippen LogP contribution in [0.15, 0.2) is 17.5 Å². The molecule has 0 aromatic carbocycles. The Morgan fingerprint density at radius 2 is 1.94 bits per heavy atom. The Kier molecular flexibility index (Phi) is 3.32. The number of aromatic nitrogens is 2. The largest absolute Gasteiger partial charge is 0.409 e. The molecule has 1 aliphatic rings. The molecule has 1 aliphatic heterocycles. The number of nitrogens with two attached hydrogens (primary N) is 1. The lowest BCUT2D eigenvalue weighted by atomic mass is 10.3. The van der Waals surface area contributed by atoms with Crippen LogP contribution in [0.5, 0.6) is 0 Å². The van der Waals surface area contributed by atoms with Crippen molar-refractivity contribution in [3.63, 3.8) is 0 Å². The van der Waals surface area contributed by atoms with E-state index in [1.54, 1.807) is 4.90 Å². The molecule has 0 spiro atoms. The second-order valence-electron chi connectivity index (χ2n) is 3.85. The van der Waals surface area contributed by atoms with Gasteiger partial charge in [0.25, 0.3) is 0 Å². The van der Waals surface area contributed by atoms with Crippen molar-refractivity contribution in [2.45, 2.75) is 0 Å². The van der Waals surface area contributed by atoms with E-state index >= 15 is 0 Å². The van der Waals surface area contributed by atoms with Crippen molar-refractivity contribution in [1.82, 2.24) is 9.97 Å². The average Bonchev–Trinajstić information content (AvgIpc) is 2.38. The first-order valence-electron chi connectivity index (χ1n) is 5.28. The molecule has 1 aromatic heterocycles. The highest BCUT2D eigenvalue weighted by molar-refractivity contribution is 7.91. The first kappa shape index (κ1) is 12.6. The van der Waals surface area contributed by atoms with Crippen molar-refractivity contribution in [3.05, 3.63) is 18.1 Å². The van der Waals surface area contributed by atoms with E-state index in [1.807, 2.05) is 0 Å². The molecule has 8 nitrogen and oxygen atoms in total. The lowest BCUT2D eigenvalue weighted by Crippen LogP contribution is -2.41. The second kappa shape index (κ2) is 4.77. The van der Waals surface area contributed by atoms with E-state index in [9.17, 15) is 8.42 Å². The molecule has 0 bridgehead atoms. The fraction of sp³-hybridized carbons (Fsp3) is 0.444. The first-order chi connectivity index (χ1) is 8.53. The molecule has 0 unspecified atom stereocenters. The lowest BCUT2D eigenvalue weighted by Gasteiger charge is -2.28. The van der Waals surface area contributed by atoms with Gasteiger partial charge in [0.05, 0.1) is 11.5 Å². The van der Waals surface area contributed by atoms with Crippen molar-refractivity contribution in [2.75, 3.05) is 29.5 Å². The van der Waals surface area contributed by atoms with Crippen LogP contribution in [-0.2, 0) is 9.84 Å². The topological polar surface area (TPSA) is 122 Å². The van der Waals surface area contributed by atoms with Gasteiger partial charge in [0.2, 0.25) is 0 Å². The molecule has 2 rings (SSSR count). The normalized spacial score (nSPS) is 19.8. The highest BCUT2D eigenvalue weighted by atomic mass is 32.2. The molecule has 0 radical (unpaired) electrons. The quantitative estimate of drug-likeness (QED) is 0.300. The highest BCUT2D eigenvalue weighted by Crippen LogP contribution is 2.17. The van der Waals surface area contributed by atoms with Gasteiger partial charge in [0.1, 0.15) is 0 Å². The third-order valence-electron chi connectivity index (χ3n) is 2.67. The molecule has 0 amide bonds. The zero-order valence-corrected chi connectivity index (χ0v) is 10.3. The summed E-state index contributed by atoms with van der Waals surface area (Å²) >= 11 is 0. The molecule has 0 atom stereocenters. The molecule has 98 valence electrons. The minimum absolute atomic E-state index is 0.0686. The number of hydrogen-bond acceptors (Lipinski definition) is 7. The molecular weight excluding hydrogens is 258 g/mol. The number of amidine groups is 1. The molecule has 0 aliphatic carbocycles. The van der Waals surface area contributed by atoms with Gasteiger partial charge in [-0.15, -0.1) is 0 Å². The number of anilines is 1. The molecule has 3 N–H and O–H groups in total. The summed E-state index contributed by atoms with van der Waals surface area (Å²) in [7, 11) is -2.96. The smallest absolute Gasteiger partial charge is 0.192 e. The van der Waals surface area contributed by atoms with E-state index in [0.717, 1.165) is 0 Å². The number of rotatable bonds is 2. The van der Waals surface area contributed by atoms with Crippen LogP contribution >= 0.6 is 0 Å². The molecule has 1 saturated heterocycles. The first-order valence-corrected chi connectivity index (χ1v) is 7.10. The van der Waals surface area contributed by atoms with E-state index in [2.05, 4.69) is 15.1 Å². The summed E-state index contributed by atoms with van der Waals surface area (Å²) in [4.78, 5) is 9.87. The molecule has 1 aromatic rings. The van der Waals surface area contributed by atoms with Crippen molar-refractivity contribution in [3.8, 4) is 0 Å². The van der Waals surface area contributed by atoms with Gasteiger partial charge in [0, 0.05) is 25.5 Å². The van der Waals surface area contributed by atoms with Crippen molar-refractivity contribution >= 4 is 21.5 Å². The standard InChI is InChI=1S/C9H13N5O3S/c10-8(13-15)7-9(12-2-1-11-7)14-3-5-18(16,17)6-4-14/h1-2,15H,3-6H2,(H2,10,13). The number of sulfone groups is 1. The van der Waals surface area contributed by atoms with Crippen LogP contribution in [0.25, 0.3) is 0 Å². The fourth-order valence-corrected chi connectivity index (χ4v) is 2.92. The maximum absolute atomic E-state index is 11.4. The highest BCUT2D eigenvalue weighted by Gasteiger charge is 2.25. The SMILES string of the molecule is NC(=NO)c1nccnc1N1CCS(=O)(=O)CC1. The summed E-state index contributed by atoms with van der Waals surface area (Å²) in [6, 6.07) is 0. The van der Waals surface area contributed by atoms with Crippen molar-refractivity contribution < 1.29 is 13.6 Å². The Balaban J connectivity index is 2.30. The van der Waals surface area contributed by atoms with Gasteiger partial charge < -0.3 is 15.8 Å². The minimum Gasteiger partial charge on any atom is -0.409 e. The van der Waals surface area contributed by atoms with E-state index in [0.29, 0.717) is 18.9 Å². The van der Waals surface area contributed by atoms with E-state index in [4.69, 9.17) is 10.9 Å². The Morgan fingerprint density at radius 1 is 1.33 bits per heavy atom. The van der Waals surface area contributed by atoms with Gasteiger partial charge in [-0.3, -0.25) is 0 Å². The Labute approximate surface area is 104 Å². The molecule has 18 heavy (non-hydrogen) atoms. The van der Waals surface area contributed by atoms with Gasteiger partial charge in [-0.05, 0) is 0 Å². The summed E-state index contributed by atoms with van der Waals surface area (Å²) in [6.07, 6.45) is 2.91. The lowest BCUT2D eigenvalue weighted by molar-refractivity contribution is 0.318. The van der Waals surface area contributed by atoms with E-state index in [1.165, 1.54) is 12.4 Å². The van der Waals surface area contributed by atoms with Crippen LogP contribution in [0.4, 0.5) is 5.82 Å². The van der Waals surface area contributed by atoms with Gasteiger partial charge in [-0.1, -0.05) is 5.16 Å². The molecular formula is C9H13N5O3S. The van der Waals surface area contributed by atoms with Gasteiger partial charge in [0.15, 0.2) is 27.2 Å². The molecule has 2 heterocycles. The average molecular weight is 271 g/mol. The van der Waals surface area contributed by atoms with E-state index < -0.39 is 9.84 Å². The third kappa shape index (κ3) is 2.50. The van der Waals surface area contributed by atoms with Crippen LogP contribution in [0.3, 0.4) is 0 Å². The maximum atomic E-state index is 11.4. The predicted molar refractivity (Wildman–Crippen MR) is 65.4 cm³/mol. The number of oxime groups is 1. The third-order valence-corrected chi connectivity index (χ3v) is 4.28. The van der Waals surface area contributed by atoms with Gasteiger partial charge in [-0.2, -0.15) is 0 Å². The molecule has 9 heteroatoms. The van der Waals surface area contributed by atoms with Crippen LogP contribution < -0.4 is 10.6 Å². The summed E-state index contributed by atoms with van der Waals surface area (Å²) in [5.74, 6) is 0.424. The Bertz CT molecular complexity index is 557. The maximum Gasteiger partial charge on any atom is 0.192 e. The fourth-order valence-electron chi connectivity index (χ4n) is 1.71. The summed E-state index contributed by atoms with van der Waals surface area (Å²) < 4.78 is 22.7. The number of hydrogen-bond donors (Lipinski definition) is 2.